The van der Waals surface area contributed by atoms with Crippen LogP contribution in [0.5, 0.6) is 0 Å². The lowest BCUT2D eigenvalue weighted by Crippen LogP contribution is -2.16. The molecule has 1 unspecified atom stereocenters. The summed E-state index contributed by atoms with van der Waals surface area (Å²) in [5, 5.41) is 9.40. The van der Waals surface area contributed by atoms with E-state index in [4.69, 9.17) is 0 Å². The Morgan fingerprint density at radius 1 is 1.43 bits per heavy atom. The van der Waals surface area contributed by atoms with Gasteiger partial charge in [0.05, 0.1) is 6.10 Å². The molecule has 0 fully saturated rings. The van der Waals surface area contributed by atoms with Gasteiger partial charge < -0.3 is 5.11 Å². The van der Waals surface area contributed by atoms with Gasteiger partial charge in [-0.3, -0.25) is 0 Å². The van der Waals surface area contributed by atoms with E-state index in [0.29, 0.717) is 6.42 Å². The quantitative estimate of drug-likeness (QED) is 0.320. The van der Waals surface area contributed by atoms with E-state index >= 15 is 0 Å². The second-order valence-electron chi connectivity index (χ2n) is 4.62. The Balaban J connectivity index is 3.54. The smallest absolute Gasteiger partial charge is 0.129 e. The van der Waals surface area contributed by atoms with Crippen molar-refractivity contribution in [3.8, 4) is 11.5 Å². The van der Waals surface area contributed by atoms with E-state index in [1.165, 1.54) is 0 Å². The number of rotatable bonds is 5. The zero-order valence-corrected chi connectivity index (χ0v) is 10.6. The highest BCUT2D eigenvalue weighted by Gasteiger charge is 2.07. The Morgan fingerprint density at radius 3 is 2.57 bits per heavy atom. The topological polar surface area (TPSA) is 20.2 Å². The normalized spacial score (nSPS) is 12.9. The van der Waals surface area contributed by atoms with Gasteiger partial charge in [-0.15, -0.1) is 18.0 Å². The maximum Gasteiger partial charge on any atom is 0.129 e. The molecule has 0 aliphatic carbocycles. The molecular weight excluding hydrogens is 188 g/mol. The molecule has 14 heavy (non-hydrogen) atoms. The molecule has 0 rings (SSSR count). The van der Waals surface area contributed by atoms with Crippen molar-refractivity contribution in [1.82, 2.24) is 0 Å². The molecule has 80 valence electrons. The Bertz CT molecular complexity index is 217. The number of hydrogen-bond donors (Lipinski definition) is 1. The molecule has 0 aliphatic rings. The number of aliphatic hydroxyl groups excluding tert-OH is 1. The first kappa shape index (κ1) is 13.5. The minimum Gasteiger partial charge on any atom is -0.393 e. The van der Waals surface area contributed by atoms with E-state index in [-0.39, 0.29) is 6.10 Å². The summed E-state index contributed by atoms with van der Waals surface area (Å²) in [5.41, 5.74) is 3.31. The molecule has 2 heteroatoms. The van der Waals surface area contributed by atoms with Crippen LogP contribution in [0.25, 0.3) is 0 Å². The molecule has 0 aliphatic heterocycles. The minimum atomic E-state index is -1.19. The first-order valence-electron chi connectivity index (χ1n) is 5.24. The lowest BCUT2D eigenvalue weighted by atomic mass is 10.1. The monoisotopic (exact) mass is 210 g/mol. The van der Waals surface area contributed by atoms with Crippen LogP contribution in [0, 0.1) is 11.5 Å². The van der Waals surface area contributed by atoms with Crippen molar-refractivity contribution in [2.45, 2.75) is 51.4 Å². The van der Waals surface area contributed by atoms with Gasteiger partial charge in [-0.1, -0.05) is 25.7 Å². The predicted octanol–water partition coefficient (Wildman–Crippen LogP) is 2.97. The second kappa shape index (κ2) is 6.86. The van der Waals surface area contributed by atoms with Crippen LogP contribution in [0.1, 0.15) is 25.7 Å². The van der Waals surface area contributed by atoms with Gasteiger partial charge in [-0.2, -0.15) is 0 Å². The molecule has 1 N–H and O–H groups in total. The first-order valence-corrected chi connectivity index (χ1v) is 8.74. The van der Waals surface area contributed by atoms with Crippen LogP contribution in [0.2, 0.25) is 19.6 Å². The maximum atomic E-state index is 9.40. The van der Waals surface area contributed by atoms with Crippen LogP contribution in [0.3, 0.4) is 0 Å². The van der Waals surface area contributed by atoms with E-state index in [0.717, 1.165) is 19.3 Å². The molecule has 0 spiro atoms. The van der Waals surface area contributed by atoms with Crippen molar-refractivity contribution in [3.05, 3.63) is 12.7 Å². The van der Waals surface area contributed by atoms with Gasteiger partial charge in [0.15, 0.2) is 0 Å². The Kier molecular flexibility index (Phi) is 6.60. The number of aliphatic hydroxyl groups is 1. The summed E-state index contributed by atoms with van der Waals surface area (Å²) in [6, 6.07) is 0. The van der Waals surface area contributed by atoms with Gasteiger partial charge in [-0.25, -0.2) is 0 Å². The first-order chi connectivity index (χ1) is 6.45. The van der Waals surface area contributed by atoms with Crippen LogP contribution in [-0.2, 0) is 0 Å². The zero-order chi connectivity index (χ0) is 11.0. The van der Waals surface area contributed by atoms with E-state index in [1.54, 1.807) is 6.08 Å². The summed E-state index contributed by atoms with van der Waals surface area (Å²) in [5.74, 6) is 3.20. The van der Waals surface area contributed by atoms with Gasteiger partial charge in [-0.05, 0) is 19.3 Å². The average molecular weight is 210 g/mol. The van der Waals surface area contributed by atoms with Gasteiger partial charge in [0.1, 0.15) is 8.07 Å². The fourth-order valence-electron chi connectivity index (χ4n) is 1.06. The van der Waals surface area contributed by atoms with Crippen molar-refractivity contribution < 1.29 is 5.11 Å². The third kappa shape index (κ3) is 9.56. The van der Waals surface area contributed by atoms with Gasteiger partial charge in [0, 0.05) is 6.42 Å². The SMILES string of the molecule is C=CCC(O)CCCC#C[Si](C)(C)C. The summed E-state index contributed by atoms with van der Waals surface area (Å²) in [7, 11) is -1.19. The molecule has 0 heterocycles. The standard InChI is InChI=1S/C12H22OSi/c1-5-9-12(13)10-7-6-8-11-14(2,3)4/h5,12-13H,1,6-7,9-10H2,2-4H3. The van der Waals surface area contributed by atoms with E-state index in [1.807, 2.05) is 0 Å². The fourth-order valence-corrected chi connectivity index (χ4v) is 1.72. The molecule has 0 aromatic carbocycles. The molecule has 0 aromatic heterocycles. The summed E-state index contributed by atoms with van der Waals surface area (Å²) in [4.78, 5) is 0. The Morgan fingerprint density at radius 2 is 2.07 bits per heavy atom. The van der Waals surface area contributed by atoms with Gasteiger partial charge >= 0.3 is 0 Å². The van der Waals surface area contributed by atoms with Crippen LogP contribution in [-0.4, -0.2) is 19.3 Å². The lowest BCUT2D eigenvalue weighted by molar-refractivity contribution is 0.165. The van der Waals surface area contributed by atoms with Crippen LogP contribution < -0.4 is 0 Å². The fraction of sp³-hybridized carbons (Fsp3) is 0.667. The molecule has 0 saturated heterocycles. The third-order valence-electron chi connectivity index (χ3n) is 1.74. The van der Waals surface area contributed by atoms with E-state index in [2.05, 4.69) is 37.7 Å². The van der Waals surface area contributed by atoms with Gasteiger partial charge in [0.25, 0.3) is 0 Å². The van der Waals surface area contributed by atoms with Crippen molar-refractivity contribution in [2.75, 3.05) is 0 Å². The van der Waals surface area contributed by atoms with E-state index in [9.17, 15) is 5.11 Å². The van der Waals surface area contributed by atoms with Crippen molar-refractivity contribution >= 4 is 8.07 Å². The van der Waals surface area contributed by atoms with Crippen molar-refractivity contribution in [1.29, 1.82) is 0 Å². The number of hydrogen-bond acceptors (Lipinski definition) is 1. The highest BCUT2D eigenvalue weighted by atomic mass is 28.3. The predicted molar refractivity (Wildman–Crippen MR) is 65.8 cm³/mol. The summed E-state index contributed by atoms with van der Waals surface area (Å²) in [6.07, 6.45) is 4.98. The minimum absolute atomic E-state index is 0.221. The number of unbranched alkanes of at least 4 members (excludes halogenated alkanes) is 1. The lowest BCUT2D eigenvalue weighted by Gasteiger charge is -2.05. The summed E-state index contributed by atoms with van der Waals surface area (Å²) in [6.45, 7) is 10.3. The van der Waals surface area contributed by atoms with Crippen LogP contribution in [0.4, 0.5) is 0 Å². The largest absolute Gasteiger partial charge is 0.393 e. The maximum absolute atomic E-state index is 9.40. The Labute approximate surface area is 89.2 Å². The van der Waals surface area contributed by atoms with Crippen molar-refractivity contribution in [3.63, 3.8) is 0 Å². The van der Waals surface area contributed by atoms with Crippen LogP contribution in [0.15, 0.2) is 12.7 Å². The molecule has 1 atom stereocenters. The average Bonchev–Trinajstić information content (AvgIpc) is 2.02. The zero-order valence-electron chi connectivity index (χ0n) is 9.64. The summed E-state index contributed by atoms with van der Waals surface area (Å²) >= 11 is 0. The molecule has 0 saturated carbocycles. The van der Waals surface area contributed by atoms with Crippen molar-refractivity contribution in [2.24, 2.45) is 0 Å². The highest BCUT2D eigenvalue weighted by molar-refractivity contribution is 6.83. The molecule has 1 nitrogen and oxygen atoms in total. The molecule has 0 radical (unpaired) electrons. The Hall–Kier alpha value is -0.523. The third-order valence-corrected chi connectivity index (χ3v) is 2.67. The molecule has 0 aromatic rings. The van der Waals surface area contributed by atoms with Gasteiger partial charge in [0.2, 0.25) is 0 Å². The van der Waals surface area contributed by atoms with E-state index < -0.39 is 8.07 Å². The molecular formula is C12H22OSi. The van der Waals surface area contributed by atoms with Crippen LogP contribution >= 0.6 is 0 Å². The second-order valence-corrected chi connectivity index (χ2v) is 9.37. The molecule has 0 bridgehead atoms. The molecule has 0 amide bonds. The highest BCUT2D eigenvalue weighted by Crippen LogP contribution is 2.04. The summed E-state index contributed by atoms with van der Waals surface area (Å²) < 4.78 is 0.